The number of carbonyl (C=O) groups is 2. The minimum Gasteiger partial charge on any atom is -0.351 e. The average Bonchev–Trinajstić information content (AvgIpc) is 2.90. The Morgan fingerprint density at radius 1 is 0.895 bits per heavy atom. The van der Waals surface area contributed by atoms with Crippen LogP contribution in [0.1, 0.15) is 16.7 Å². The monoisotopic (exact) mass is 553 g/mol. The lowest BCUT2D eigenvalue weighted by atomic mass is 10.0. The molecule has 0 aromatic heterocycles. The minimum absolute atomic E-state index is 0.0339. The fourth-order valence-corrected chi connectivity index (χ4v) is 4.80. The maximum absolute atomic E-state index is 13.9. The molecule has 3 rings (SSSR count). The molecule has 0 saturated heterocycles. The van der Waals surface area contributed by atoms with Gasteiger partial charge in [-0.1, -0.05) is 90.5 Å². The standard InChI is InChI=1S/C29H32ClN3O4S/c1-3-18-31-29(35)27(19-23-10-6-4-7-11-23)33(21-25-14-16-26(30)17-15-25)28(34)22-32(38(2,36)37)20-24-12-8-5-9-13-24/h3-17,27H,1,18-22H2,2H3,(H,31,35)/t27-/m0/s1. The second-order valence-electron chi connectivity index (χ2n) is 8.90. The zero-order valence-corrected chi connectivity index (χ0v) is 22.9. The van der Waals surface area contributed by atoms with E-state index < -0.39 is 28.5 Å². The van der Waals surface area contributed by atoms with Crippen molar-refractivity contribution in [3.05, 3.63) is 119 Å². The van der Waals surface area contributed by atoms with Crippen molar-refractivity contribution < 1.29 is 18.0 Å². The van der Waals surface area contributed by atoms with E-state index in [0.717, 1.165) is 27.3 Å². The Bertz CT molecular complexity index is 1320. The molecular formula is C29H32ClN3O4S. The van der Waals surface area contributed by atoms with Gasteiger partial charge < -0.3 is 10.2 Å². The van der Waals surface area contributed by atoms with Gasteiger partial charge in [0.15, 0.2) is 0 Å². The molecule has 3 aromatic carbocycles. The van der Waals surface area contributed by atoms with Crippen LogP contribution in [0.15, 0.2) is 97.6 Å². The number of carbonyl (C=O) groups excluding carboxylic acids is 2. The van der Waals surface area contributed by atoms with Gasteiger partial charge in [0, 0.05) is 31.1 Å². The Hall–Kier alpha value is -3.46. The second-order valence-corrected chi connectivity index (χ2v) is 11.3. The van der Waals surface area contributed by atoms with Crippen molar-refractivity contribution >= 4 is 33.4 Å². The van der Waals surface area contributed by atoms with E-state index in [4.69, 9.17) is 11.6 Å². The summed E-state index contributed by atoms with van der Waals surface area (Å²) in [5.74, 6) is -0.846. The molecule has 2 amide bonds. The summed E-state index contributed by atoms with van der Waals surface area (Å²) in [5, 5.41) is 3.35. The summed E-state index contributed by atoms with van der Waals surface area (Å²) in [4.78, 5) is 28.7. The maximum atomic E-state index is 13.9. The summed E-state index contributed by atoms with van der Waals surface area (Å²) in [7, 11) is -3.73. The van der Waals surface area contributed by atoms with E-state index in [1.165, 1.54) is 4.90 Å². The van der Waals surface area contributed by atoms with Crippen molar-refractivity contribution in [2.24, 2.45) is 0 Å². The summed E-state index contributed by atoms with van der Waals surface area (Å²) in [6.45, 7) is 3.60. The van der Waals surface area contributed by atoms with Gasteiger partial charge in [-0.2, -0.15) is 4.31 Å². The summed E-state index contributed by atoms with van der Waals surface area (Å²) in [6, 6.07) is 24.5. The Kier molecular flexibility index (Phi) is 10.6. The molecule has 38 heavy (non-hydrogen) atoms. The highest BCUT2D eigenvalue weighted by molar-refractivity contribution is 7.88. The first-order valence-electron chi connectivity index (χ1n) is 12.1. The van der Waals surface area contributed by atoms with E-state index in [-0.39, 0.29) is 32.0 Å². The number of hydrogen-bond donors (Lipinski definition) is 1. The quantitative estimate of drug-likeness (QED) is 0.324. The summed E-state index contributed by atoms with van der Waals surface area (Å²) >= 11 is 6.06. The zero-order valence-electron chi connectivity index (χ0n) is 21.3. The van der Waals surface area contributed by atoms with Crippen molar-refractivity contribution in [1.29, 1.82) is 0 Å². The van der Waals surface area contributed by atoms with Gasteiger partial charge in [-0.05, 0) is 28.8 Å². The second kappa shape index (κ2) is 13.9. The van der Waals surface area contributed by atoms with Crippen LogP contribution in [0.25, 0.3) is 0 Å². The first-order chi connectivity index (χ1) is 18.2. The smallest absolute Gasteiger partial charge is 0.243 e. The lowest BCUT2D eigenvalue weighted by molar-refractivity contribution is -0.141. The zero-order chi connectivity index (χ0) is 27.5. The summed E-state index contributed by atoms with van der Waals surface area (Å²) in [6.07, 6.45) is 2.89. The molecule has 200 valence electrons. The Morgan fingerprint density at radius 2 is 1.45 bits per heavy atom. The highest BCUT2D eigenvalue weighted by atomic mass is 35.5. The number of halogens is 1. The lowest BCUT2D eigenvalue weighted by Gasteiger charge is -2.33. The number of sulfonamides is 1. The normalized spacial score (nSPS) is 12.1. The van der Waals surface area contributed by atoms with Gasteiger partial charge in [0.1, 0.15) is 6.04 Å². The third kappa shape index (κ3) is 8.83. The van der Waals surface area contributed by atoms with Gasteiger partial charge in [-0.25, -0.2) is 8.42 Å². The van der Waals surface area contributed by atoms with Crippen LogP contribution in [-0.4, -0.2) is 54.8 Å². The van der Waals surface area contributed by atoms with Gasteiger partial charge in [-0.15, -0.1) is 6.58 Å². The van der Waals surface area contributed by atoms with Crippen molar-refractivity contribution in [3.63, 3.8) is 0 Å². The molecule has 1 N–H and O–H groups in total. The fourth-order valence-electron chi connectivity index (χ4n) is 3.95. The van der Waals surface area contributed by atoms with Crippen LogP contribution in [0.3, 0.4) is 0 Å². The molecule has 9 heteroatoms. The number of nitrogens with one attached hydrogen (secondary N) is 1. The topological polar surface area (TPSA) is 86.8 Å². The third-order valence-corrected chi connectivity index (χ3v) is 7.39. The SMILES string of the molecule is C=CCNC(=O)[C@H](Cc1ccccc1)N(Cc1ccc(Cl)cc1)C(=O)CN(Cc1ccccc1)S(C)(=O)=O. The van der Waals surface area contributed by atoms with Crippen molar-refractivity contribution in [2.75, 3.05) is 19.3 Å². The molecule has 0 fully saturated rings. The predicted molar refractivity (Wildman–Crippen MR) is 151 cm³/mol. The van der Waals surface area contributed by atoms with Crippen LogP contribution < -0.4 is 5.32 Å². The number of rotatable bonds is 13. The fraction of sp³-hybridized carbons (Fsp3) is 0.241. The number of benzene rings is 3. The minimum atomic E-state index is -3.73. The highest BCUT2D eigenvalue weighted by Gasteiger charge is 2.32. The van der Waals surface area contributed by atoms with Crippen LogP contribution in [0.2, 0.25) is 5.02 Å². The average molecular weight is 554 g/mol. The van der Waals surface area contributed by atoms with Crippen LogP contribution in [0, 0.1) is 0 Å². The van der Waals surface area contributed by atoms with E-state index in [1.54, 1.807) is 42.5 Å². The molecule has 1 atom stereocenters. The van der Waals surface area contributed by atoms with E-state index in [2.05, 4.69) is 11.9 Å². The Balaban J connectivity index is 1.98. The lowest BCUT2D eigenvalue weighted by Crippen LogP contribution is -2.53. The Labute approximate surface area is 229 Å². The molecule has 0 aliphatic carbocycles. The molecule has 0 heterocycles. The van der Waals surface area contributed by atoms with Crippen molar-refractivity contribution in [2.45, 2.75) is 25.6 Å². The van der Waals surface area contributed by atoms with Gasteiger partial charge >= 0.3 is 0 Å². The highest BCUT2D eigenvalue weighted by Crippen LogP contribution is 2.18. The van der Waals surface area contributed by atoms with E-state index in [1.807, 2.05) is 48.5 Å². The van der Waals surface area contributed by atoms with Gasteiger partial charge in [0.05, 0.1) is 12.8 Å². The Morgan fingerprint density at radius 3 is 2.00 bits per heavy atom. The van der Waals surface area contributed by atoms with Gasteiger partial charge in [0.25, 0.3) is 0 Å². The first kappa shape index (κ1) is 29.1. The summed E-state index contributed by atoms with van der Waals surface area (Å²) in [5.41, 5.74) is 2.37. The van der Waals surface area contributed by atoms with Crippen LogP contribution in [0.4, 0.5) is 0 Å². The summed E-state index contributed by atoms with van der Waals surface area (Å²) < 4.78 is 26.5. The molecule has 0 aliphatic rings. The maximum Gasteiger partial charge on any atom is 0.243 e. The number of hydrogen-bond acceptors (Lipinski definition) is 4. The molecule has 7 nitrogen and oxygen atoms in total. The molecule has 0 aliphatic heterocycles. The molecule has 3 aromatic rings. The first-order valence-corrected chi connectivity index (χ1v) is 14.4. The van der Waals surface area contributed by atoms with Gasteiger partial charge in [0.2, 0.25) is 21.8 Å². The third-order valence-electron chi connectivity index (χ3n) is 5.94. The molecule has 0 unspecified atom stereocenters. The van der Waals surface area contributed by atoms with E-state index >= 15 is 0 Å². The molecule has 0 bridgehead atoms. The van der Waals surface area contributed by atoms with E-state index in [0.29, 0.717) is 5.02 Å². The largest absolute Gasteiger partial charge is 0.351 e. The molecular weight excluding hydrogens is 522 g/mol. The number of amides is 2. The molecule has 0 radical (unpaired) electrons. The predicted octanol–water partition coefficient (Wildman–Crippen LogP) is 4.04. The van der Waals surface area contributed by atoms with Crippen molar-refractivity contribution in [3.8, 4) is 0 Å². The van der Waals surface area contributed by atoms with E-state index in [9.17, 15) is 18.0 Å². The van der Waals surface area contributed by atoms with Crippen molar-refractivity contribution in [1.82, 2.24) is 14.5 Å². The molecule has 0 saturated carbocycles. The van der Waals surface area contributed by atoms with Crippen LogP contribution >= 0.6 is 11.6 Å². The number of nitrogens with zero attached hydrogens (tertiary/aromatic N) is 2. The van der Waals surface area contributed by atoms with Crippen LogP contribution in [-0.2, 0) is 39.1 Å². The molecule has 0 spiro atoms. The van der Waals surface area contributed by atoms with Crippen LogP contribution in [0.5, 0.6) is 0 Å². The van der Waals surface area contributed by atoms with Gasteiger partial charge in [-0.3, -0.25) is 9.59 Å².